The number of carbonyl (C=O) groups is 2. The Kier molecular flexibility index (Phi) is 4.84. The molecular formula is C11H7F2NO6. The van der Waals surface area contributed by atoms with Crippen LogP contribution in [-0.4, -0.2) is 28.9 Å². The van der Waals surface area contributed by atoms with Crippen LogP contribution in [0.5, 0.6) is 5.75 Å². The van der Waals surface area contributed by atoms with Crippen LogP contribution in [0.1, 0.15) is 15.9 Å². The van der Waals surface area contributed by atoms with Crippen molar-refractivity contribution in [2.24, 2.45) is 0 Å². The maximum absolute atomic E-state index is 12.1. The lowest BCUT2D eigenvalue weighted by Gasteiger charge is -2.07. The first kappa shape index (κ1) is 15.2. The van der Waals surface area contributed by atoms with Gasteiger partial charge in [-0.05, 0) is 12.1 Å². The van der Waals surface area contributed by atoms with Crippen LogP contribution in [-0.2, 0) is 4.79 Å². The molecule has 0 aliphatic carbocycles. The number of aliphatic carboxylic acids is 1. The summed E-state index contributed by atoms with van der Waals surface area (Å²) in [5, 5.41) is 19.3. The van der Waals surface area contributed by atoms with Gasteiger partial charge < -0.3 is 9.84 Å². The summed E-state index contributed by atoms with van der Waals surface area (Å²) in [5.41, 5.74) is -1.37. The number of nitro groups is 1. The van der Waals surface area contributed by atoms with Gasteiger partial charge in [-0.25, -0.2) is 4.79 Å². The third-order valence-electron chi connectivity index (χ3n) is 2.11. The number of alkyl halides is 2. The maximum atomic E-state index is 12.1. The Morgan fingerprint density at radius 3 is 2.55 bits per heavy atom. The Bertz CT molecular complexity index is 585. The van der Waals surface area contributed by atoms with Gasteiger partial charge >= 0.3 is 12.6 Å². The molecular weight excluding hydrogens is 280 g/mol. The van der Waals surface area contributed by atoms with E-state index >= 15 is 0 Å². The van der Waals surface area contributed by atoms with Crippen molar-refractivity contribution in [3.8, 4) is 5.75 Å². The zero-order valence-corrected chi connectivity index (χ0v) is 9.66. The van der Waals surface area contributed by atoms with Crippen LogP contribution in [0.2, 0.25) is 0 Å². The molecule has 1 aromatic rings. The summed E-state index contributed by atoms with van der Waals surface area (Å²) in [7, 11) is 0. The smallest absolute Gasteiger partial charge is 0.387 e. The zero-order valence-electron chi connectivity index (χ0n) is 9.66. The molecule has 0 fully saturated rings. The van der Waals surface area contributed by atoms with Crippen molar-refractivity contribution >= 4 is 24.0 Å². The number of hydrogen-bond acceptors (Lipinski definition) is 5. The minimum absolute atomic E-state index is 0.173. The molecule has 1 aromatic carbocycles. The number of rotatable bonds is 6. The van der Waals surface area contributed by atoms with E-state index in [9.17, 15) is 28.5 Å². The number of nitrogens with zero attached hydrogens (tertiary/aromatic N) is 1. The standard InChI is InChI=1S/C11H7F2NO6/c12-11(13)20-7-3-6(5-15)8(1-2-10(16)17)9(4-7)14(18)19/h1-5,11H,(H,16,17)/b2-1+. The topological polar surface area (TPSA) is 107 Å². The number of benzene rings is 1. The first-order valence-corrected chi connectivity index (χ1v) is 4.98. The summed E-state index contributed by atoms with van der Waals surface area (Å²) >= 11 is 0. The Morgan fingerprint density at radius 1 is 1.45 bits per heavy atom. The first-order chi connectivity index (χ1) is 9.35. The van der Waals surface area contributed by atoms with Crippen molar-refractivity contribution in [1.29, 1.82) is 0 Å². The van der Waals surface area contributed by atoms with Gasteiger partial charge in [0.2, 0.25) is 0 Å². The fraction of sp³-hybridized carbons (Fsp3) is 0.0909. The molecule has 20 heavy (non-hydrogen) atoms. The molecule has 106 valence electrons. The predicted octanol–water partition coefficient (Wildman–Crippen LogP) is 2.11. The molecule has 0 amide bonds. The van der Waals surface area contributed by atoms with Gasteiger partial charge in [-0.3, -0.25) is 14.9 Å². The van der Waals surface area contributed by atoms with Crippen molar-refractivity contribution in [2.45, 2.75) is 6.61 Å². The zero-order chi connectivity index (χ0) is 15.3. The minimum atomic E-state index is -3.21. The van der Waals surface area contributed by atoms with Crippen LogP contribution in [0.4, 0.5) is 14.5 Å². The molecule has 0 heterocycles. The second kappa shape index (κ2) is 6.36. The molecule has 0 radical (unpaired) electrons. The van der Waals surface area contributed by atoms with Crippen molar-refractivity contribution in [2.75, 3.05) is 0 Å². The fourth-order valence-corrected chi connectivity index (χ4v) is 1.39. The highest BCUT2D eigenvalue weighted by molar-refractivity contribution is 5.91. The van der Waals surface area contributed by atoms with Gasteiger partial charge in [0.1, 0.15) is 5.75 Å². The third-order valence-corrected chi connectivity index (χ3v) is 2.11. The highest BCUT2D eigenvalue weighted by Gasteiger charge is 2.20. The van der Waals surface area contributed by atoms with Gasteiger partial charge in [0.25, 0.3) is 5.69 Å². The van der Waals surface area contributed by atoms with E-state index in [0.29, 0.717) is 12.1 Å². The monoisotopic (exact) mass is 287 g/mol. The molecule has 0 aliphatic rings. The molecule has 0 saturated heterocycles. The Morgan fingerprint density at radius 2 is 2.10 bits per heavy atom. The molecule has 0 unspecified atom stereocenters. The lowest BCUT2D eigenvalue weighted by molar-refractivity contribution is -0.385. The molecule has 0 spiro atoms. The van der Waals surface area contributed by atoms with Crippen LogP contribution >= 0.6 is 0 Å². The number of carboxylic acids is 1. The average Bonchev–Trinajstić information content (AvgIpc) is 2.34. The summed E-state index contributed by atoms with van der Waals surface area (Å²) in [6.45, 7) is -3.21. The predicted molar refractivity (Wildman–Crippen MR) is 61.8 cm³/mol. The Balaban J connectivity index is 3.43. The van der Waals surface area contributed by atoms with E-state index in [2.05, 4.69) is 4.74 Å². The number of hydrogen-bond donors (Lipinski definition) is 1. The average molecular weight is 287 g/mol. The van der Waals surface area contributed by atoms with Crippen LogP contribution in [0, 0.1) is 10.1 Å². The molecule has 9 heteroatoms. The van der Waals surface area contributed by atoms with E-state index in [1.807, 2.05) is 0 Å². The number of halogens is 2. The SMILES string of the molecule is O=Cc1cc(OC(F)F)cc([N+](=O)[O-])c1/C=C/C(=O)O. The summed E-state index contributed by atoms with van der Waals surface area (Å²) < 4.78 is 28.1. The quantitative estimate of drug-likeness (QED) is 0.371. The second-order valence-electron chi connectivity index (χ2n) is 3.37. The highest BCUT2D eigenvalue weighted by atomic mass is 19.3. The third kappa shape index (κ3) is 3.83. The van der Waals surface area contributed by atoms with Crippen LogP contribution in [0.25, 0.3) is 6.08 Å². The van der Waals surface area contributed by atoms with Gasteiger partial charge in [0.05, 0.1) is 16.6 Å². The Labute approximate surface area is 110 Å². The summed E-state index contributed by atoms with van der Waals surface area (Å²) in [5.74, 6) is -1.95. The van der Waals surface area contributed by atoms with E-state index in [0.717, 1.165) is 12.1 Å². The van der Waals surface area contributed by atoms with E-state index in [4.69, 9.17) is 5.11 Å². The van der Waals surface area contributed by atoms with Gasteiger partial charge in [-0.2, -0.15) is 8.78 Å². The molecule has 0 atom stereocenters. The van der Waals surface area contributed by atoms with Crippen LogP contribution < -0.4 is 4.74 Å². The number of carboxylic acid groups (broad SMARTS) is 1. The van der Waals surface area contributed by atoms with Gasteiger partial charge in [-0.15, -0.1) is 0 Å². The van der Waals surface area contributed by atoms with Gasteiger partial charge in [-0.1, -0.05) is 0 Å². The summed E-state index contributed by atoms with van der Waals surface area (Å²) in [6.07, 6.45) is 1.59. The molecule has 0 aromatic heterocycles. The van der Waals surface area contributed by atoms with Crippen molar-refractivity contribution in [3.05, 3.63) is 39.4 Å². The number of nitro benzene ring substituents is 1. The molecule has 1 rings (SSSR count). The molecule has 7 nitrogen and oxygen atoms in total. The van der Waals surface area contributed by atoms with Crippen LogP contribution in [0.15, 0.2) is 18.2 Å². The fourth-order valence-electron chi connectivity index (χ4n) is 1.39. The molecule has 0 aliphatic heterocycles. The van der Waals surface area contributed by atoms with E-state index in [-0.39, 0.29) is 17.4 Å². The Hall–Kier alpha value is -2.84. The molecule has 1 N–H and O–H groups in total. The number of carbonyl (C=O) groups excluding carboxylic acids is 1. The largest absolute Gasteiger partial charge is 0.478 e. The lowest BCUT2D eigenvalue weighted by atomic mass is 10.0. The van der Waals surface area contributed by atoms with Gasteiger partial charge in [0, 0.05) is 11.6 Å². The molecule has 0 bridgehead atoms. The van der Waals surface area contributed by atoms with Crippen LogP contribution in [0.3, 0.4) is 0 Å². The number of aldehydes is 1. The van der Waals surface area contributed by atoms with E-state index in [1.54, 1.807) is 0 Å². The second-order valence-corrected chi connectivity index (χ2v) is 3.37. The van der Waals surface area contributed by atoms with E-state index in [1.165, 1.54) is 0 Å². The molecule has 0 saturated carbocycles. The van der Waals surface area contributed by atoms with E-state index < -0.39 is 28.9 Å². The first-order valence-electron chi connectivity index (χ1n) is 4.98. The maximum Gasteiger partial charge on any atom is 0.387 e. The number of ether oxygens (including phenoxy) is 1. The van der Waals surface area contributed by atoms with Crippen molar-refractivity contribution in [1.82, 2.24) is 0 Å². The summed E-state index contributed by atoms with van der Waals surface area (Å²) in [4.78, 5) is 31.1. The van der Waals surface area contributed by atoms with Gasteiger partial charge in [0.15, 0.2) is 6.29 Å². The lowest BCUT2D eigenvalue weighted by Crippen LogP contribution is -2.04. The summed E-state index contributed by atoms with van der Waals surface area (Å²) in [6, 6.07) is 1.54. The highest BCUT2D eigenvalue weighted by Crippen LogP contribution is 2.30. The van der Waals surface area contributed by atoms with Crippen molar-refractivity contribution < 1.29 is 33.1 Å². The van der Waals surface area contributed by atoms with Crippen molar-refractivity contribution in [3.63, 3.8) is 0 Å². The minimum Gasteiger partial charge on any atom is -0.478 e. The normalized spacial score (nSPS) is 10.8.